The van der Waals surface area contributed by atoms with E-state index in [-0.39, 0.29) is 11.9 Å². The predicted octanol–water partition coefficient (Wildman–Crippen LogP) is 2.00. The van der Waals surface area contributed by atoms with Crippen molar-refractivity contribution < 1.29 is 9.53 Å². The highest BCUT2D eigenvalue weighted by molar-refractivity contribution is 8.00. The number of carbonyl (C=O) groups is 1. The van der Waals surface area contributed by atoms with E-state index in [2.05, 4.69) is 14.1 Å². The van der Waals surface area contributed by atoms with E-state index in [1.807, 2.05) is 13.8 Å². The fourth-order valence-electron chi connectivity index (χ4n) is 0.906. The Morgan fingerprint density at radius 1 is 1.67 bits per heavy atom. The lowest BCUT2D eigenvalue weighted by atomic mass is 10.2. The van der Waals surface area contributed by atoms with Crippen LogP contribution in [0.2, 0.25) is 0 Å². The number of hydrogen-bond acceptors (Lipinski definition) is 6. The molecule has 1 atom stereocenters. The lowest BCUT2D eigenvalue weighted by Crippen LogP contribution is -2.14. The van der Waals surface area contributed by atoms with Gasteiger partial charge in [0, 0.05) is 12.2 Å². The van der Waals surface area contributed by atoms with Crippen LogP contribution >= 0.6 is 23.3 Å². The van der Waals surface area contributed by atoms with Crippen molar-refractivity contribution in [3.05, 3.63) is 5.82 Å². The van der Waals surface area contributed by atoms with Crippen molar-refractivity contribution in [2.45, 2.75) is 24.6 Å². The number of ether oxygens (including phenoxy) is 1. The molecule has 1 rings (SSSR count). The second-order valence-corrected chi connectivity index (χ2v) is 5.08. The number of aromatic nitrogens is 2. The molecule has 0 bridgehead atoms. The summed E-state index contributed by atoms with van der Waals surface area (Å²) in [5.74, 6) is 1.27. The molecule has 6 heteroatoms. The van der Waals surface area contributed by atoms with Crippen LogP contribution in [0.3, 0.4) is 0 Å². The van der Waals surface area contributed by atoms with E-state index in [9.17, 15) is 4.79 Å². The fraction of sp³-hybridized carbons (Fsp3) is 0.667. The molecule has 0 spiro atoms. The van der Waals surface area contributed by atoms with Crippen LogP contribution in [-0.2, 0) is 16.0 Å². The Labute approximate surface area is 97.6 Å². The third kappa shape index (κ3) is 3.79. The number of methoxy groups -OCH3 is 1. The Hall–Kier alpha value is -0.620. The van der Waals surface area contributed by atoms with Crippen molar-refractivity contribution in [3.8, 4) is 0 Å². The van der Waals surface area contributed by atoms with Gasteiger partial charge in [0.05, 0.1) is 13.0 Å². The molecule has 4 nitrogen and oxygen atoms in total. The SMILES string of the molecule is CCc1nsc(SCC(C)C(=O)OC)n1. The highest BCUT2D eigenvalue weighted by Gasteiger charge is 2.14. The van der Waals surface area contributed by atoms with Crippen LogP contribution < -0.4 is 0 Å². The van der Waals surface area contributed by atoms with E-state index >= 15 is 0 Å². The summed E-state index contributed by atoms with van der Waals surface area (Å²) >= 11 is 2.94. The quantitative estimate of drug-likeness (QED) is 0.587. The summed E-state index contributed by atoms with van der Waals surface area (Å²) in [7, 11) is 1.41. The first kappa shape index (κ1) is 12.4. The van der Waals surface area contributed by atoms with Gasteiger partial charge in [0.2, 0.25) is 0 Å². The van der Waals surface area contributed by atoms with E-state index < -0.39 is 0 Å². The molecule has 0 aromatic carbocycles. The lowest BCUT2D eigenvalue weighted by molar-refractivity contribution is -0.143. The smallest absolute Gasteiger partial charge is 0.309 e. The van der Waals surface area contributed by atoms with Gasteiger partial charge in [0.15, 0.2) is 4.34 Å². The number of hydrogen-bond donors (Lipinski definition) is 0. The van der Waals surface area contributed by atoms with Crippen molar-refractivity contribution in [1.82, 2.24) is 9.36 Å². The maximum Gasteiger partial charge on any atom is 0.309 e. The molecule has 0 saturated carbocycles. The molecule has 0 radical (unpaired) electrons. The van der Waals surface area contributed by atoms with Crippen molar-refractivity contribution in [2.75, 3.05) is 12.9 Å². The van der Waals surface area contributed by atoms with Crippen LogP contribution in [0.25, 0.3) is 0 Å². The van der Waals surface area contributed by atoms with Crippen molar-refractivity contribution >= 4 is 29.3 Å². The zero-order chi connectivity index (χ0) is 11.3. The molecular weight excluding hydrogens is 232 g/mol. The van der Waals surface area contributed by atoms with E-state index in [4.69, 9.17) is 0 Å². The van der Waals surface area contributed by atoms with Gasteiger partial charge in [-0.25, -0.2) is 4.98 Å². The Morgan fingerprint density at radius 3 is 2.93 bits per heavy atom. The molecule has 1 unspecified atom stereocenters. The number of rotatable bonds is 5. The molecule has 0 N–H and O–H groups in total. The van der Waals surface area contributed by atoms with Crippen LogP contribution in [0.5, 0.6) is 0 Å². The van der Waals surface area contributed by atoms with Crippen molar-refractivity contribution in [3.63, 3.8) is 0 Å². The number of aryl methyl sites for hydroxylation is 1. The first-order valence-corrected chi connectivity index (χ1v) is 6.46. The zero-order valence-corrected chi connectivity index (χ0v) is 10.7. The number of thioether (sulfide) groups is 1. The van der Waals surface area contributed by atoms with Gasteiger partial charge >= 0.3 is 5.97 Å². The highest BCUT2D eigenvalue weighted by Crippen LogP contribution is 2.22. The molecule has 0 aliphatic rings. The summed E-state index contributed by atoms with van der Waals surface area (Å²) in [5.41, 5.74) is 0. The largest absolute Gasteiger partial charge is 0.469 e. The number of esters is 1. The number of carbonyl (C=O) groups excluding carboxylic acids is 1. The average Bonchev–Trinajstić information content (AvgIpc) is 2.72. The Kier molecular flexibility index (Phi) is 5.04. The monoisotopic (exact) mass is 246 g/mol. The summed E-state index contributed by atoms with van der Waals surface area (Å²) in [4.78, 5) is 15.4. The topological polar surface area (TPSA) is 52.1 Å². The highest BCUT2D eigenvalue weighted by atomic mass is 32.2. The summed E-state index contributed by atoms with van der Waals surface area (Å²) in [6.07, 6.45) is 0.851. The van der Waals surface area contributed by atoms with Gasteiger partial charge in [0.25, 0.3) is 0 Å². The average molecular weight is 246 g/mol. The fourth-order valence-corrected chi connectivity index (χ4v) is 2.63. The molecule has 1 heterocycles. The van der Waals surface area contributed by atoms with Gasteiger partial charge in [-0.05, 0) is 11.5 Å². The third-order valence-electron chi connectivity index (χ3n) is 1.83. The predicted molar refractivity (Wildman–Crippen MR) is 61.2 cm³/mol. The first-order chi connectivity index (χ1) is 7.17. The standard InChI is InChI=1S/C9H14N2O2S2/c1-4-7-10-9(15-11-7)14-5-6(2)8(12)13-3/h6H,4-5H2,1-3H3. The van der Waals surface area contributed by atoms with Gasteiger partial charge in [-0.2, -0.15) is 4.37 Å². The van der Waals surface area contributed by atoms with Crippen LogP contribution in [-0.4, -0.2) is 28.2 Å². The molecule has 0 amide bonds. The van der Waals surface area contributed by atoms with Crippen molar-refractivity contribution in [1.29, 1.82) is 0 Å². The van der Waals surface area contributed by atoms with Crippen molar-refractivity contribution in [2.24, 2.45) is 5.92 Å². The van der Waals surface area contributed by atoms with Crippen LogP contribution in [0.1, 0.15) is 19.7 Å². The van der Waals surface area contributed by atoms with Gasteiger partial charge in [0.1, 0.15) is 5.82 Å². The second-order valence-electron chi connectivity index (χ2n) is 3.07. The molecule has 1 aromatic rings. The number of nitrogens with zero attached hydrogens (tertiary/aromatic N) is 2. The van der Waals surface area contributed by atoms with E-state index in [1.165, 1.54) is 18.6 Å². The summed E-state index contributed by atoms with van der Waals surface area (Å²) in [6, 6.07) is 0. The van der Waals surface area contributed by atoms with Gasteiger partial charge in [-0.3, -0.25) is 4.79 Å². The zero-order valence-electron chi connectivity index (χ0n) is 9.02. The first-order valence-electron chi connectivity index (χ1n) is 4.70. The maximum atomic E-state index is 11.1. The summed E-state index contributed by atoms with van der Waals surface area (Å²) in [6.45, 7) is 3.87. The minimum atomic E-state index is -0.178. The van der Waals surface area contributed by atoms with Gasteiger partial charge < -0.3 is 4.74 Å². The van der Waals surface area contributed by atoms with E-state index in [0.717, 1.165) is 16.6 Å². The third-order valence-corrected chi connectivity index (χ3v) is 3.96. The maximum absolute atomic E-state index is 11.1. The Bertz CT molecular complexity index is 328. The van der Waals surface area contributed by atoms with Crippen LogP contribution in [0, 0.1) is 5.92 Å². The molecule has 0 aliphatic carbocycles. The normalized spacial score (nSPS) is 12.5. The minimum absolute atomic E-state index is 0.103. The van der Waals surface area contributed by atoms with Crippen LogP contribution in [0.4, 0.5) is 0 Å². The molecule has 1 aromatic heterocycles. The molecule has 15 heavy (non-hydrogen) atoms. The second kappa shape index (κ2) is 6.07. The van der Waals surface area contributed by atoms with E-state index in [1.54, 1.807) is 11.8 Å². The summed E-state index contributed by atoms with van der Waals surface area (Å²) in [5, 5.41) is 0. The van der Waals surface area contributed by atoms with Crippen LogP contribution in [0.15, 0.2) is 4.34 Å². The van der Waals surface area contributed by atoms with Gasteiger partial charge in [-0.1, -0.05) is 25.6 Å². The molecule has 0 fully saturated rings. The molecule has 84 valence electrons. The Morgan fingerprint density at radius 2 is 2.40 bits per heavy atom. The Balaban J connectivity index is 2.39. The molecule has 0 saturated heterocycles. The lowest BCUT2D eigenvalue weighted by Gasteiger charge is -2.06. The minimum Gasteiger partial charge on any atom is -0.469 e. The molecular formula is C9H14N2O2S2. The molecule has 0 aliphatic heterocycles. The van der Waals surface area contributed by atoms with Gasteiger partial charge in [-0.15, -0.1) is 0 Å². The van der Waals surface area contributed by atoms with E-state index in [0.29, 0.717) is 5.75 Å². The summed E-state index contributed by atoms with van der Waals surface area (Å²) < 4.78 is 9.73.